The van der Waals surface area contributed by atoms with Crippen molar-refractivity contribution < 1.29 is 18.3 Å². The van der Waals surface area contributed by atoms with Gasteiger partial charge in [-0.15, -0.1) is 0 Å². The maximum absolute atomic E-state index is 14.6. The fourth-order valence-electron chi connectivity index (χ4n) is 3.14. The molecule has 144 valence electrons. The first-order valence-electron chi connectivity index (χ1n) is 8.76. The van der Waals surface area contributed by atoms with E-state index in [1.807, 2.05) is 0 Å². The van der Waals surface area contributed by atoms with E-state index in [1.165, 1.54) is 18.5 Å². The largest absolute Gasteiger partial charge is 0.464 e. The number of halogens is 3. The van der Waals surface area contributed by atoms with E-state index in [0.717, 1.165) is 25.0 Å². The summed E-state index contributed by atoms with van der Waals surface area (Å²) in [5.74, 6) is -2.06. The summed E-state index contributed by atoms with van der Waals surface area (Å²) < 4.78 is 40.2. The molecule has 28 heavy (non-hydrogen) atoms. The van der Waals surface area contributed by atoms with Crippen LogP contribution in [0.3, 0.4) is 0 Å². The zero-order chi connectivity index (χ0) is 19.3. The SMILES string of the molecule is Fc1cc(NC2=NCC3(CC3)CO2)cc(F)c1Oc1ccnc2[nH]cc(Cl)c12. The highest BCUT2D eigenvalue weighted by Crippen LogP contribution is 2.47. The molecule has 2 aromatic heterocycles. The number of nitrogens with zero attached hydrogens (tertiary/aromatic N) is 2. The van der Waals surface area contributed by atoms with Gasteiger partial charge in [0.1, 0.15) is 11.4 Å². The minimum atomic E-state index is -0.866. The molecule has 0 radical (unpaired) electrons. The quantitative estimate of drug-likeness (QED) is 0.653. The molecular weight excluding hydrogens is 390 g/mol. The Kier molecular flexibility index (Phi) is 3.90. The predicted molar refractivity (Wildman–Crippen MR) is 101 cm³/mol. The van der Waals surface area contributed by atoms with Crippen LogP contribution in [-0.2, 0) is 4.74 Å². The predicted octanol–water partition coefficient (Wildman–Crippen LogP) is 4.87. The number of hydrogen-bond acceptors (Lipinski definition) is 5. The third kappa shape index (κ3) is 3.03. The molecule has 2 N–H and O–H groups in total. The van der Waals surface area contributed by atoms with Crippen molar-refractivity contribution in [1.82, 2.24) is 9.97 Å². The maximum Gasteiger partial charge on any atom is 0.289 e. The molecule has 0 bridgehead atoms. The molecule has 1 aromatic carbocycles. The smallest absolute Gasteiger partial charge is 0.289 e. The second-order valence-electron chi connectivity index (χ2n) is 7.08. The van der Waals surface area contributed by atoms with Crippen LogP contribution in [0.5, 0.6) is 11.5 Å². The number of fused-ring (bicyclic) bond motifs is 1. The van der Waals surface area contributed by atoms with E-state index in [-0.39, 0.29) is 22.9 Å². The van der Waals surface area contributed by atoms with Crippen molar-refractivity contribution >= 4 is 34.3 Å². The van der Waals surface area contributed by atoms with Crippen LogP contribution in [0.4, 0.5) is 14.5 Å². The Morgan fingerprint density at radius 2 is 2.04 bits per heavy atom. The standard InChI is InChI=1S/C19H15ClF2N4O2/c20-11-7-24-17-15(11)14(1-4-23-17)28-16-12(21)5-10(6-13(16)22)26-18-25-8-19(2-3-19)9-27-18/h1,4-7H,2-3,8-9H2,(H,23,24)(H,25,26). The Balaban J connectivity index is 1.40. The molecule has 0 saturated heterocycles. The molecule has 1 aliphatic heterocycles. The second kappa shape index (κ2) is 6.34. The lowest BCUT2D eigenvalue weighted by molar-refractivity contribution is 0.205. The van der Waals surface area contributed by atoms with Crippen molar-refractivity contribution in [3.8, 4) is 11.5 Å². The molecule has 1 saturated carbocycles. The normalized spacial score (nSPS) is 17.3. The fraction of sp³-hybridized carbons (Fsp3) is 0.263. The molecule has 1 fully saturated rings. The van der Waals surface area contributed by atoms with E-state index in [4.69, 9.17) is 21.1 Å². The van der Waals surface area contributed by atoms with Crippen molar-refractivity contribution in [2.75, 3.05) is 18.5 Å². The zero-order valence-electron chi connectivity index (χ0n) is 14.6. The van der Waals surface area contributed by atoms with E-state index in [1.54, 1.807) is 0 Å². The van der Waals surface area contributed by atoms with Gasteiger partial charge < -0.3 is 19.8 Å². The van der Waals surface area contributed by atoms with E-state index in [0.29, 0.717) is 29.2 Å². The summed E-state index contributed by atoms with van der Waals surface area (Å²) in [4.78, 5) is 11.3. The first-order chi connectivity index (χ1) is 13.5. The summed E-state index contributed by atoms with van der Waals surface area (Å²) in [6, 6.07) is 4.01. The van der Waals surface area contributed by atoms with Gasteiger partial charge in [0, 0.05) is 35.6 Å². The highest BCUT2D eigenvalue weighted by atomic mass is 35.5. The molecule has 2 aliphatic rings. The van der Waals surface area contributed by atoms with Crippen LogP contribution >= 0.6 is 11.6 Å². The number of ether oxygens (including phenoxy) is 2. The van der Waals surface area contributed by atoms with E-state index < -0.39 is 17.4 Å². The van der Waals surface area contributed by atoms with Crippen LogP contribution in [0.15, 0.2) is 35.6 Å². The van der Waals surface area contributed by atoms with Crippen LogP contribution in [0.1, 0.15) is 12.8 Å². The number of hydrogen-bond donors (Lipinski definition) is 2. The first-order valence-corrected chi connectivity index (χ1v) is 9.14. The third-order valence-corrected chi connectivity index (χ3v) is 5.28. The summed E-state index contributed by atoms with van der Waals surface area (Å²) in [6.07, 6.45) is 5.20. The Morgan fingerprint density at radius 1 is 1.25 bits per heavy atom. The molecule has 3 aromatic rings. The van der Waals surface area contributed by atoms with Crippen LogP contribution < -0.4 is 10.1 Å². The Hall–Kier alpha value is -2.87. The van der Waals surface area contributed by atoms with Gasteiger partial charge in [-0.25, -0.2) is 18.8 Å². The van der Waals surface area contributed by atoms with Crippen LogP contribution in [0.25, 0.3) is 11.0 Å². The van der Waals surface area contributed by atoms with Gasteiger partial charge in [0.2, 0.25) is 0 Å². The number of aromatic nitrogens is 2. The van der Waals surface area contributed by atoms with Crippen LogP contribution in [0, 0.1) is 17.0 Å². The van der Waals surface area contributed by atoms with Crippen molar-refractivity contribution in [2.45, 2.75) is 12.8 Å². The van der Waals surface area contributed by atoms with Crippen molar-refractivity contribution in [2.24, 2.45) is 10.4 Å². The monoisotopic (exact) mass is 404 g/mol. The number of amidine groups is 1. The molecular formula is C19H15ClF2N4O2. The van der Waals surface area contributed by atoms with Gasteiger partial charge in [0.15, 0.2) is 17.4 Å². The summed E-state index contributed by atoms with van der Waals surface area (Å²) in [6.45, 7) is 1.23. The van der Waals surface area contributed by atoms with E-state index >= 15 is 0 Å². The molecule has 0 atom stereocenters. The van der Waals surface area contributed by atoms with Gasteiger partial charge in [-0.3, -0.25) is 0 Å². The Labute approximate surface area is 163 Å². The number of rotatable bonds is 3. The Bertz CT molecular complexity index is 1090. The highest BCUT2D eigenvalue weighted by Gasteiger charge is 2.45. The lowest BCUT2D eigenvalue weighted by Gasteiger charge is -2.22. The van der Waals surface area contributed by atoms with Gasteiger partial charge >= 0.3 is 0 Å². The first kappa shape index (κ1) is 17.2. The zero-order valence-corrected chi connectivity index (χ0v) is 15.3. The number of pyridine rings is 1. The summed E-state index contributed by atoms with van der Waals surface area (Å²) in [5, 5.41) is 3.60. The summed E-state index contributed by atoms with van der Waals surface area (Å²) >= 11 is 6.11. The molecule has 1 spiro atoms. The molecule has 0 unspecified atom stereocenters. The average molecular weight is 405 g/mol. The molecule has 9 heteroatoms. The fourth-order valence-corrected chi connectivity index (χ4v) is 3.38. The number of H-pyrrole nitrogens is 1. The van der Waals surface area contributed by atoms with Crippen LogP contribution in [0.2, 0.25) is 5.02 Å². The molecule has 3 heterocycles. The maximum atomic E-state index is 14.6. The van der Waals surface area contributed by atoms with Crippen molar-refractivity contribution in [3.63, 3.8) is 0 Å². The summed E-state index contributed by atoms with van der Waals surface area (Å²) in [7, 11) is 0. The third-order valence-electron chi connectivity index (χ3n) is 4.98. The van der Waals surface area contributed by atoms with Crippen LogP contribution in [-0.4, -0.2) is 29.1 Å². The van der Waals surface area contributed by atoms with E-state index in [2.05, 4.69) is 20.3 Å². The van der Waals surface area contributed by atoms with Gasteiger partial charge in [-0.05, 0) is 18.9 Å². The number of aromatic amines is 1. The van der Waals surface area contributed by atoms with E-state index in [9.17, 15) is 8.78 Å². The lowest BCUT2D eigenvalue weighted by Crippen LogP contribution is -2.29. The average Bonchev–Trinajstić information content (AvgIpc) is 3.33. The van der Waals surface area contributed by atoms with Crippen molar-refractivity contribution in [3.05, 3.63) is 47.2 Å². The molecule has 5 rings (SSSR count). The number of nitrogens with one attached hydrogen (secondary N) is 2. The van der Waals surface area contributed by atoms with Gasteiger partial charge in [0.25, 0.3) is 6.02 Å². The number of anilines is 1. The topological polar surface area (TPSA) is 71.5 Å². The minimum absolute atomic E-state index is 0.175. The van der Waals surface area contributed by atoms with Gasteiger partial charge in [-0.1, -0.05) is 11.6 Å². The summed E-state index contributed by atoms with van der Waals surface area (Å²) in [5.41, 5.74) is 0.823. The minimum Gasteiger partial charge on any atom is -0.464 e. The molecule has 0 amide bonds. The van der Waals surface area contributed by atoms with Gasteiger partial charge in [0.05, 0.1) is 23.6 Å². The Morgan fingerprint density at radius 3 is 2.71 bits per heavy atom. The number of aliphatic imine (C=N–C) groups is 1. The number of benzene rings is 1. The molecule has 1 aliphatic carbocycles. The second-order valence-corrected chi connectivity index (χ2v) is 7.48. The van der Waals surface area contributed by atoms with Gasteiger partial charge in [-0.2, -0.15) is 0 Å². The molecule has 6 nitrogen and oxygen atoms in total. The lowest BCUT2D eigenvalue weighted by atomic mass is 10.1. The highest BCUT2D eigenvalue weighted by molar-refractivity contribution is 6.36. The van der Waals surface area contributed by atoms with Crippen molar-refractivity contribution in [1.29, 1.82) is 0 Å².